The zero-order valence-electron chi connectivity index (χ0n) is 18.2. The van der Waals surface area contributed by atoms with Crippen LogP contribution in [-0.2, 0) is 10.5 Å². The van der Waals surface area contributed by atoms with Gasteiger partial charge in [-0.3, -0.25) is 9.59 Å². The van der Waals surface area contributed by atoms with Crippen LogP contribution in [0.15, 0.2) is 52.4 Å². The average molecular weight is 452 g/mol. The molecule has 0 saturated carbocycles. The molecule has 1 atom stereocenters. The van der Waals surface area contributed by atoms with Crippen molar-refractivity contribution in [1.29, 1.82) is 0 Å². The lowest BCUT2D eigenvalue weighted by Crippen LogP contribution is -2.31. The van der Waals surface area contributed by atoms with E-state index in [0.717, 1.165) is 11.1 Å². The van der Waals surface area contributed by atoms with Crippen LogP contribution in [0.1, 0.15) is 41.5 Å². The highest BCUT2D eigenvalue weighted by Gasteiger charge is 2.33. The Hall–Kier alpha value is -3.26. The summed E-state index contributed by atoms with van der Waals surface area (Å²) in [5.41, 5.74) is 3.24. The van der Waals surface area contributed by atoms with Gasteiger partial charge in [0.05, 0.1) is 19.3 Å². The molecule has 166 valence electrons. The number of amides is 1. The largest absolute Gasteiger partial charge is 0.493 e. The van der Waals surface area contributed by atoms with Crippen LogP contribution in [0.4, 0.5) is 5.82 Å². The van der Waals surface area contributed by atoms with Crippen LogP contribution in [-0.4, -0.2) is 29.6 Å². The first-order chi connectivity index (χ1) is 15.5. The SMILES string of the molecule is CCOc1c(OC)cccc1[C@H]1CC(=O)Nc2nc(SCc3ccccc3C)[nH]c(=O)c21. The molecule has 2 heterocycles. The van der Waals surface area contributed by atoms with E-state index in [1.54, 1.807) is 13.2 Å². The van der Waals surface area contributed by atoms with Gasteiger partial charge in [-0.2, -0.15) is 0 Å². The smallest absolute Gasteiger partial charge is 0.257 e. The Bertz CT molecular complexity index is 1210. The summed E-state index contributed by atoms with van der Waals surface area (Å²) in [6.07, 6.45) is 0.126. The number of hydrogen-bond donors (Lipinski definition) is 2. The van der Waals surface area contributed by atoms with Gasteiger partial charge in [0.15, 0.2) is 16.7 Å². The number of thioether (sulfide) groups is 1. The van der Waals surface area contributed by atoms with Gasteiger partial charge >= 0.3 is 0 Å². The molecule has 32 heavy (non-hydrogen) atoms. The quantitative estimate of drug-likeness (QED) is 0.412. The molecule has 2 aromatic carbocycles. The molecule has 8 heteroatoms. The van der Waals surface area contributed by atoms with Crippen LogP contribution in [0, 0.1) is 6.92 Å². The van der Waals surface area contributed by atoms with Gasteiger partial charge in [-0.15, -0.1) is 0 Å². The third-order valence-corrected chi connectivity index (χ3v) is 6.37. The van der Waals surface area contributed by atoms with E-state index in [2.05, 4.69) is 21.4 Å². The predicted molar refractivity (Wildman–Crippen MR) is 125 cm³/mol. The summed E-state index contributed by atoms with van der Waals surface area (Å²) in [6, 6.07) is 13.6. The highest BCUT2D eigenvalue weighted by molar-refractivity contribution is 7.98. The molecular weight excluding hydrogens is 426 g/mol. The molecule has 1 aliphatic heterocycles. The fourth-order valence-corrected chi connectivity index (χ4v) is 4.81. The van der Waals surface area contributed by atoms with E-state index in [1.807, 2.05) is 44.2 Å². The van der Waals surface area contributed by atoms with Crippen molar-refractivity contribution in [2.45, 2.75) is 37.1 Å². The summed E-state index contributed by atoms with van der Waals surface area (Å²) in [4.78, 5) is 33.1. The second-order valence-corrected chi connectivity index (χ2v) is 8.43. The number of nitrogens with one attached hydrogen (secondary N) is 2. The molecule has 3 aromatic rings. The maximum atomic E-state index is 13.1. The number of aryl methyl sites for hydroxylation is 1. The number of carbonyl (C=O) groups is 1. The Kier molecular flexibility index (Phi) is 6.50. The van der Waals surface area contributed by atoms with E-state index >= 15 is 0 Å². The summed E-state index contributed by atoms with van der Waals surface area (Å²) >= 11 is 1.43. The number of hydrogen-bond acceptors (Lipinski definition) is 6. The van der Waals surface area contributed by atoms with Gasteiger partial charge in [-0.05, 0) is 31.0 Å². The first-order valence-corrected chi connectivity index (χ1v) is 11.4. The van der Waals surface area contributed by atoms with Crippen LogP contribution in [0.2, 0.25) is 0 Å². The number of H-pyrrole nitrogens is 1. The monoisotopic (exact) mass is 451 g/mol. The van der Waals surface area contributed by atoms with Gasteiger partial charge in [0.2, 0.25) is 5.91 Å². The van der Waals surface area contributed by atoms with Gasteiger partial charge < -0.3 is 19.8 Å². The summed E-state index contributed by atoms with van der Waals surface area (Å²) in [5.74, 6) is 1.39. The minimum absolute atomic E-state index is 0.126. The highest BCUT2D eigenvalue weighted by atomic mass is 32.2. The lowest BCUT2D eigenvalue weighted by Gasteiger charge is -2.26. The van der Waals surface area contributed by atoms with Crippen molar-refractivity contribution in [3.8, 4) is 11.5 Å². The minimum atomic E-state index is -0.484. The van der Waals surface area contributed by atoms with Crippen molar-refractivity contribution < 1.29 is 14.3 Å². The van der Waals surface area contributed by atoms with Crippen LogP contribution < -0.4 is 20.3 Å². The summed E-state index contributed by atoms with van der Waals surface area (Å²) < 4.78 is 11.3. The molecule has 1 aromatic heterocycles. The van der Waals surface area contributed by atoms with Crippen LogP contribution in [0.3, 0.4) is 0 Å². The maximum Gasteiger partial charge on any atom is 0.257 e. The first-order valence-electron chi connectivity index (χ1n) is 10.4. The van der Waals surface area contributed by atoms with Crippen LogP contribution in [0.25, 0.3) is 0 Å². The first kappa shape index (κ1) is 22.0. The summed E-state index contributed by atoms with van der Waals surface area (Å²) in [6.45, 7) is 4.36. The molecule has 1 aliphatic rings. The number of benzene rings is 2. The number of fused-ring (bicyclic) bond motifs is 1. The molecule has 0 unspecified atom stereocenters. The third kappa shape index (κ3) is 4.36. The van der Waals surface area contributed by atoms with Gasteiger partial charge in [0.25, 0.3) is 5.56 Å². The Labute approximate surface area is 190 Å². The molecule has 0 saturated heterocycles. The standard InChI is InChI=1S/C24H25N3O4S/c1-4-31-21-16(10-7-11-18(21)30-3)17-12-19(28)25-22-20(17)23(29)27-24(26-22)32-13-15-9-6-5-8-14(15)2/h5-11,17H,4,12-13H2,1-3H3,(H2,25,26,27,28,29)/t17-/m1/s1. The second-order valence-electron chi connectivity index (χ2n) is 7.47. The highest BCUT2D eigenvalue weighted by Crippen LogP contribution is 2.42. The zero-order valence-corrected chi connectivity index (χ0v) is 19.0. The fraction of sp³-hybridized carbons (Fsp3) is 0.292. The molecular formula is C24H25N3O4S. The lowest BCUT2D eigenvalue weighted by molar-refractivity contribution is -0.116. The van der Waals surface area contributed by atoms with Gasteiger partial charge in [0, 0.05) is 23.7 Å². The number of aromatic nitrogens is 2. The van der Waals surface area contributed by atoms with E-state index in [1.165, 1.54) is 17.3 Å². The summed E-state index contributed by atoms with van der Waals surface area (Å²) in [5, 5.41) is 3.24. The topological polar surface area (TPSA) is 93.3 Å². The lowest BCUT2D eigenvalue weighted by atomic mass is 9.86. The van der Waals surface area contributed by atoms with Crippen molar-refractivity contribution in [3.05, 3.63) is 75.1 Å². The van der Waals surface area contributed by atoms with Crippen molar-refractivity contribution in [3.63, 3.8) is 0 Å². The average Bonchev–Trinajstić information content (AvgIpc) is 2.78. The summed E-state index contributed by atoms with van der Waals surface area (Å²) in [7, 11) is 1.56. The minimum Gasteiger partial charge on any atom is -0.493 e. The van der Waals surface area contributed by atoms with E-state index < -0.39 is 5.92 Å². The van der Waals surface area contributed by atoms with Crippen molar-refractivity contribution >= 4 is 23.5 Å². The third-order valence-electron chi connectivity index (χ3n) is 5.45. The Morgan fingerprint density at radius 1 is 1.16 bits per heavy atom. The van der Waals surface area contributed by atoms with E-state index in [4.69, 9.17) is 9.47 Å². The van der Waals surface area contributed by atoms with Gasteiger partial charge in [-0.1, -0.05) is 48.2 Å². The molecule has 0 bridgehead atoms. The maximum absolute atomic E-state index is 13.1. The van der Waals surface area contributed by atoms with E-state index in [9.17, 15) is 9.59 Å². The molecule has 4 rings (SSSR count). The Morgan fingerprint density at radius 3 is 2.72 bits per heavy atom. The number of anilines is 1. The molecule has 0 aliphatic carbocycles. The van der Waals surface area contributed by atoms with Crippen LogP contribution >= 0.6 is 11.8 Å². The number of aromatic amines is 1. The molecule has 0 spiro atoms. The predicted octanol–water partition coefficient (Wildman–Crippen LogP) is 4.25. The van der Waals surface area contributed by atoms with Gasteiger partial charge in [-0.25, -0.2) is 4.98 Å². The van der Waals surface area contributed by atoms with E-state index in [0.29, 0.717) is 40.4 Å². The molecule has 0 fully saturated rings. The molecule has 7 nitrogen and oxygen atoms in total. The Morgan fingerprint density at radius 2 is 1.97 bits per heavy atom. The molecule has 0 radical (unpaired) electrons. The Balaban J connectivity index is 1.72. The molecule has 2 N–H and O–H groups in total. The normalized spacial score (nSPS) is 15.1. The number of ether oxygens (including phenoxy) is 2. The number of methoxy groups -OCH3 is 1. The van der Waals surface area contributed by atoms with Crippen molar-refractivity contribution in [2.75, 3.05) is 19.0 Å². The van der Waals surface area contributed by atoms with Gasteiger partial charge in [0.1, 0.15) is 5.82 Å². The number of nitrogens with zero attached hydrogens (tertiary/aromatic N) is 1. The molecule has 1 amide bonds. The zero-order chi connectivity index (χ0) is 22.7. The van der Waals surface area contributed by atoms with E-state index in [-0.39, 0.29) is 17.9 Å². The van der Waals surface area contributed by atoms with Crippen molar-refractivity contribution in [1.82, 2.24) is 9.97 Å². The number of rotatable bonds is 7. The van der Waals surface area contributed by atoms with Crippen molar-refractivity contribution in [2.24, 2.45) is 0 Å². The number of para-hydroxylation sites is 1. The van der Waals surface area contributed by atoms with Crippen LogP contribution in [0.5, 0.6) is 11.5 Å². The number of carbonyl (C=O) groups excluding carboxylic acids is 1. The second kappa shape index (κ2) is 9.48. The fourth-order valence-electron chi connectivity index (χ4n) is 3.87.